The van der Waals surface area contributed by atoms with Crippen molar-refractivity contribution in [2.45, 2.75) is 130 Å². The standard InChI is InChI=1S/C38H59N7O2/c1-5-7-8-9-10-11-12-13-14-15-16-17-18-19-20-24-27-39-38(47)44(28-32-25-22-21-23-26-32)35-34-36(45(30-40-34)31(3)4)43-37(42-35)41-33(6-2)29-46/h10-11,13-14,21-23,25-26,30-31,33,46H,5-9,12,15-20,24,27-29H2,1-4H3,(H,39,47)(H,41,42,43)/b11-10-,14-13-/t33-/m1/s1. The molecule has 0 spiro atoms. The topological polar surface area (TPSA) is 108 Å². The number of carbonyl (C=O) groups is 1. The number of amides is 2. The molecule has 0 fully saturated rings. The van der Waals surface area contributed by atoms with Crippen LogP contribution in [0.15, 0.2) is 61.0 Å². The van der Waals surface area contributed by atoms with Crippen molar-refractivity contribution >= 4 is 29.0 Å². The Morgan fingerprint density at radius 2 is 1.60 bits per heavy atom. The molecule has 0 saturated carbocycles. The van der Waals surface area contributed by atoms with Crippen LogP contribution in [0.2, 0.25) is 0 Å². The number of fused-ring (bicyclic) bond motifs is 1. The summed E-state index contributed by atoms with van der Waals surface area (Å²) in [5, 5.41) is 16.2. The van der Waals surface area contributed by atoms with E-state index in [-0.39, 0.29) is 24.7 Å². The lowest BCUT2D eigenvalue weighted by Gasteiger charge is -2.24. The highest BCUT2D eigenvalue weighted by Crippen LogP contribution is 2.28. The second kappa shape index (κ2) is 22.0. The molecule has 9 nitrogen and oxygen atoms in total. The third kappa shape index (κ3) is 13.1. The number of rotatable bonds is 23. The van der Waals surface area contributed by atoms with Crippen LogP contribution < -0.4 is 15.5 Å². The molecule has 9 heteroatoms. The Hall–Kier alpha value is -3.72. The van der Waals surface area contributed by atoms with E-state index in [0.29, 0.717) is 42.4 Å². The Morgan fingerprint density at radius 1 is 0.915 bits per heavy atom. The summed E-state index contributed by atoms with van der Waals surface area (Å²) >= 11 is 0. The van der Waals surface area contributed by atoms with Crippen molar-refractivity contribution < 1.29 is 9.90 Å². The van der Waals surface area contributed by atoms with Crippen molar-refractivity contribution in [3.05, 3.63) is 66.5 Å². The van der Waals surface area contributed by atoms with Crippen LogP contribution in [0.1, 0.15) is 123 Å². The van der Waals surface area contributed by atoms with Gasteiger partial charge in [-0.25, -0.2) is 9.78 Å². The number of hydrogen-bond donors (Lipinski definition) is 3. The fourth-order valence-corrected chi connectivity index (χ4v) is 5.40. The van der Waals surface area contributed by atoms with E-state index in [1.165, 1.54) is 51.4 Å². The lowest BCUT2D eigenvalue weighted by molar-refractivity contribution is 0.245. The van der Waals surface area contributed by atoms with Gasteiger partial charge in [-0.05, 0) is 64.4 Å². The fourth-order valence-electron chi connectivity index (χ4n) is 5.40. The second-order valence-electron chi connectivity index (χ2n) is 12.6. The Labute approximate surface area is 283 Å². The number of aromatic nitrogens is 4. The van der Waals surface area contributed by atoms with E-state index in [1.54, 1.807) is 11.2 Å². The first-order valence-corrected chi connectivity index (χ1v) is 18.0. The van der Waals surface area contributed by atoms with Gasteiger partial charge in [0.2, 0.25) is 5.95 Å². The lowest BCUT2D eigenvalue weighted by atomic mass is 10.1. The van der Waals surface area contributed by atoms with Gasteiger partial charge in [0.15, 0.2) is 17.0 Å². The molecule has 3 N–H and O–H groups in total. The van der Waals surface area contributed by atoms with Crippen molar-refractivity contribution in [1.29, 1.82) is 0 Å². The molecular weight excluding hydrogens is 586 g/mol. The molecule has 2 aromatic heterocycles. The van der Waals surface area contributed by atoms with Crippen LogP contribution in [0.5, 0.6) is 0 Å². The number of unbranched alkanes of at least 4 members (excludes halogenated alkanes) is 9. The average molecular weight is 646 g/mol. The molecule has 0 aliphatic heterocycles. The van der Waals surface area contributed by atoms with Gasteiger partial charge >= 0.3 is 6.03 Å². The molecule has 3 aromatic rings. The third-order valence-corrected chi connectivity index (χ3v) is 8.34. The molecule has 3 rings (SSSR count). The monoisotopic (exact) mass is 645 g/mol. The Kier molecular flexibility index (Phi) is 17.6. The van der Waals surface area contributed by atoms with Crippen molar-refractivity contribution in [2.75, 3.05) is 23.4 Å². The summed E-state index contributed by atoms with van der Waals surface area (Å²) < 4.78 is 1.98. The van der Waals surface area contributed by atoms with E-state index >= 15 is 0 Å². The molecule has 0 unspecified atom stereocenters. The molecule has 0 bridgehead atoms. The van der Waals surface area contributed by atoms with Gasteiger partial charge in [0.25, 0.3) is 0 Å². The smallest absolute Gasteiger partial charge is 0.323 e. The van der Waals surface area contributed by atoms with E-state index in [9.17, 15) is 9.90 Å². The number of benzene rings is 1. The van der Waals surface area contributed by atoms with E-state index < -0.39 is 0 Å². The predicted octanol–water partition coefficient (Wildman–Crippen LogP) is 9.12. The number of aliphatic hydroxyl groups excluding tert-OH is 1. The maximum absolute atomic E-state index is 13.8. The van der Waals surface area contributed by atoms with Gasteiger partial charge in [-0.1, -0.05) is 107 Å². The molecular formula is C38H59N7O2. The van der Waals surface area contributed by atoms with Crippen molar-refractivity contribution in [3.8, 4) is 0 Å². The van der Waals surface area contributed by atoms with Crippen molar-refractivity contribution in [3.63, 3.8) is 0 Å². The number of urea groups is 1. The van der Waals surface area contributed by atoms with Crippen molar-refractivity contribution in [2.24, 2.45) is 0 Å². The van der Waals surface area contributed by atoms with Crippen molar-refractivity contribution in [1.82, 2.24) is 24.8 Å². The Bertz CT molecular complexity index is 1350. The number of nitrogens with zero attached hydrogens (tertiary/aromatic N) is 5. The molecule has 2 heterocycles. The SMILES string of the molecule is CCCCC/C=C\C/C=C\CCCCCCCCNC(=O)N(Cc1ccccc1)c1nc(N[C@H](CC)CO)nc2c1ncn2C(C)C. The zero-order valence-electron chi connectivity index (χ0n) is 29.3. The number of hydrogen-bond acceptors (Lipinski definition) is 6. The zero-order chi connectivity index (χ0) is 33.7. The van der Waals surface area contributed by atoms with Gasteiger partial charge in [-0.3, -0.25) is 4.90 Å². The van der Waals surface area contributed by atoms with Gasteiger partial charge in [-0.15, -0.1) is 0 Å². The summed E-state index contributed by atoms with van der Waals surface area (Å²) in [6, 6.07) is 9.63. The minimum absolute atomic E-state index is 0.0426. The van der Waals surface area contributed by atoms with E-state index in [1.807, 2.05) is 41.8 Å². The Balaban J connectivity index is 1.55. The van der Waals surface area contributed by atoms with Gasteiger partial charge in [0.1, 0.15) is 0 Å². The van der Waals surface area contributed by atoms with Crippen LogP contribution in [-0.2, 0) is 6.54 Å². The summed E-state index contributed by atoms with van der Waals surface area (Å²) in [6.45, 7) is 9.27. The van der Waals surface area contributed by atoms with Crippen LogP contribution in [-0.4, -0.2) is 49.9 Å². The molecule has 2 amide bonds. The first-order chi connectivity index (χ1) is 23.0. The number of imidazole rings is 1. The summed E-state index contributed by atoms with van der Waals surface area (Å²) in [6.07, 6.45) is 25.9. The van der Waals surface area contributed by atoms with Gasteiger partial charge in [0, 0.05) is 12.6 Å². The molecule has 47 heavy (non-hydrogen) atoms. The summed E-state index contributed by atoms with van der Waals surface area (Å²) in [4.78, 5) is 29.7. The first-order valence-electron chi connectivity index (χ1n) is 18.0. The first kappa shape index (κ1) is 37.7. The molecule has 0 aliphatic carbocycles. The highest BCUT2D eigenvalue weighted by atomic mass is 16.3. The minimum atomic E-state index is -0.212. The van der Waals surface area contributed by atoms with Crippen LogP contribution in [0.4, 0.5) is 16.6 Å². The van der Waals surface area contributed by atoms with Gasteiger partial charge < -0.3 is 20.3 Å². The van der Waals surface area contributed by atoms with Crippen LogP contribution >= 0.6 is 0 Å². The maximum atomic E-state index is 13.8. The largest absolute Gasteiger partial charge is 0.394 e. The Morgan fingerprint density at radius 3 is 2.26 bits per heavy atom. The predicted molar refractivity (Wildman–Crippen MR) is 196 cm³/mol. The highest BCUT2D eigenvalue weighted by Gasteiger charge is 2.25. The summed E-state index contributed by atoms with van der Waals surface area (Å²) in [7, 11) is 0. The normalized spacial score (nSPS) is 12.5. The second-order valence-corrected chi connectivity index (χ2v) is 12.6. The van der Waals surface area contributed by atoms with E-state index in [2.05, 4.69) is 60.7 Å². The third-order valence-electron chi connectivity index (χ3n) is 8.34. The van der Waals surface area contributed by atoms with E-state index in [0.717, 1.165) is 31.2 Å². The van der Waals surface area contributed by atoms with Crippen LogP contribution in [0.25, 0.3) is 11.2 Å². The number of allylic oxidation sites excluding steroid dienone is 4. The number of carbonyl (C=O) groups excluding carboxylic acids is 1. The summed E-state index contributed by atoms with van der Waals surface area (Å²) in [5.74, 6) is 0.815. The maximum Gasteiger partial charge on any atom is 0.323 e. The van der Waals surface area contributed by atoms with Gasteiger partial charge in [-0.2, -0.15) is 9.97 Å². The average Bonchev–Trinajstić information content (AvgIpc) is 3.52. The molecule has 1 aromatic carbocycles. The number of nitrogens with one attached hydrogen (secondary N) is 2. The molecule has 0 saturated heterocycles. The van der Waals surface area contributed by atoms with Crippen LogP contribution in [0, 0.1) is 0 Å². The van der Waals surface area contributed by atoms with Crippen LogP contribution in [0.3, 0.4) is 0 Å². The molecule has 258 valence electrons. The quantitative estimate of drug-likeness (QED) is 0.0701. The highest BCUT2D eigenvalue weighted by molar-refractivity contribution is 5.98. The molecule has 1 atom stereocenters. The molecule has 0 aliphatic rings. The number of aliphatic hydroxyl groups is 1. The minimum Gasteiger partial charge on any atom is -0.394 e. The fraction of sp³-hybridized carbons (Fsp3) is 0.579. The van der Waals surface area contributed by atoms with E-state index in [4.69, 9.17) is 9.97 Å². The number of anilines is 2. The van der Waals surface area contributed by atoms with Gasteiger partial charge in [0.05, 0.1) is 25.5 Å². The zero-order valence-corrected chi connectivity index (χ0v) is 29.3. The lowest BCUT2D eigenvalue weighted by Crippen LogP contribution is -2.41. The summed E-state index contributed by atoms with van der Waals surface area (Å²) in [5.41, 5.74) is 2.21. The molecule has 0 radical (unpaired) electrons.